The number of benzene rings is 2. The minimum absolute atomic E-state index is 0.152. The van der Waals surface area contributed by atoms with Crippen LogP contribution in [0.2, 0.25) is 5.02 Å². The van der Waals surface area contributed by atoms with Crippen molar-refractivity contribution in [3.8, 4) is 0 Å². The van der Waals surface area contributed by atoms with Crippen LogP contribution in [0.5, 0.6) is 0 Å². The van der Waals surface area contributed by atoms with Gasteiger partial charge in [0.25, 0.3) is 5.91 Å². The molecule has 1 N–H and O–H groups in total. The molecule has 6 heteroatoms. The molecule has 0 radical (unpaired) electrons. The van der Waals surface area contributed by atoms with Crippen LogP contribution in [0.3, 0.4) is 0 Å². The van der Waals surface area contributed by atoms with Gasteiger partial charge in [-0.2, -0.15) is 0 Å². The van der Waals surface area contributed by atoms with Gasteiger partial charge < -0.3 is 10.1 Å². The monoisotopic (exact) mass is 363 g/mol. The molecular formula is C18H18ClNO3S. The zero-order valence-corrected chi connectivity index (χ0v) is 15.0. The first kappa shape index (κ1) is 18.4. The maximum atomic E-state index is 12.0. The molecule has 4 nitrogen and oxygen atoms in total. The summed E-state index contributed by atoms with van der Waals surface area (Å²) < 4.78 is 5.17. The normalized spacial score (nSPS) is 11.6. The molecule has 2 aromatic rings. The average molecular weight is 364 g/mol. The second-order valence-corrected chi connectivity index (χ2v) is 6.64. The van der Waals surface area contributed by atoms with Crippen molar-refractivity contribution in [2.75, 3.05) is 11.1 Å². The molecule has 126 valence electrons. The number of nitrogens with one attached hydrogen (secondary N) is 1. The van der Waals surface area contributed by atoms with Gasteiger partial charge in [-0.05, 0) is 43.7 Å². The summed E-state index contributed by atoms with van der Waals surface area (Å²) in [7, 11) is 0. The molecule has 2 aromatic carbocycles. The van der Waals surface area contributed by atoms with Gasteiger partial charge in [-0.3, -0.25) is 9.59 Å². The van der Waals surface area contributed by atoms with E-state index in [0.29, 0.717) is 10.7 Å². The minimum atomic E-state index is -0.881. The van der Waals surface area contributed by atoms with E-state index < -0.39 is 18.0 Å². The van der Waals surface area contributed by atoms with Gasteiger partial charge in [0.1, 0.15) is 0 Å². The van der Waals surface area contributed by atoms with Crippen LogP contribution < -0.4 is 5.32 Å². The fraction of sp³-hybridized carbons (Fsp3) is 0.222. The topological polar surface area (TPSA) is 55.4 Å². The molecular weight excluding hydrogens is 346 g/mol. The summed E-state index contributed by atoms with van der Waals surface area (Å²) in [5, 5.41) is 3.18. The van der Waals surface area contributed by atoms with Crippen LogP contribution in [0.15, 0.2) is 53.4 Å². The van der Waals surface area contributed by atoms with Gasteiger partial charge in [-0.15, -0.1) is 11.8 Å². The molecule has 0 unspecified atom stereocenters. The maximum absolute atomic E-state index is 12.0. The van der Waals surface area contributed by atoms with Crippen molar-refractivity contribution in [1.82, 2.24) is 0 Å². The zero-order valence-electron chi connectivity index (χ0n) is 13.4. The number of amides is 1. The lowest BCUT2D eigenvalue weighted by Gasteiger charge is -2.14. The highest BCUT2D eigenvalue weighted by atomic mass is 35.5. The van der Waals surface area contributed by atoms with Gasteiger partial charge in [-0.1, -0.05) is 35.9 Å². The summed E-state index contributed by atoms with van der Waals surface area (Å²) in [5.41, 5.74) is 1.66. The van der Waals surface area contributed by atoms with Crippen molar-refractivity contribution in [2.24, 2.45) is 0 Å². The predicted octanol–water partition coefficient (Wildman–Crippen LogP) is 4.31. The Morgan fingerprint density at radius 3 is 2.67 bits per heavy atom. The molecule has 0 spiro atoms. The number of rotatable bonds is 6. The Kier molecular flexibility index (Phi) is 6.70. The molecule has 1 atom stereocenters. The lowest BCUT2D eigenvalue weighted by molar-refractivity contribution is -0.150. The van der Waals surface area contributed by atoms with Crippen LogP contribution >= 0.6 is 23.4 Å². The van der Waals surface area contributed by atoms with E-state index in [-0.39, 0.29) is 5.75 Å². The van der Waals surface area contributed by atoms with E-state index in [2.05, 4.69) is 5.32 Å². The van der Waals surface area contributed by atoms with Gasteiger partial charge in [-0.25, -0.2) is 0 Å². The van der Waals surface area contributed by atoms with E-state index >= 15 is 0 Å². The largest absolute Gasteiger partial charge is 0.452 e. The number of halogens is 1. The van der Waals surface area contributed by atoms with Gasteiger partial charge >= 0.3 is 5.97 Å². The van der Waals surface area contributed by atoms with Crippen molar-refractivity contribution in [3.63, 3.8) is 0 Å². The Balaban J connectivity index is 1.82. The number of carbonyl (C=O) groups excluding carboxylic acids is 2. The first-order valence-electron chi connectivity index (χ1n) is 7.40. The second kappa shape index (κ2) is 8.76. The van der Waals surface area contributed by atoms with Crippen LogP contribution in [0.1, 0.15) is 12.5 Å². The average Bonchev–Trinajstić information content (AvgIpc) is 2.54. The fourth-order valence-corrected chi connectivity index (χ4v) is 2.95. The van der Waals surface area contributed by atoms with Crippen molar-refractivity contribution in [3.05, 3.63) is 59.1 Å². The highest BCUT2D eigenvalue weighted by Gasteiger charge is 2.18. The first-order chi connectivity index (χ1) is 11.5. The van der Waals surface area contributed by atoms with Gasteiger partial charge in [0.05, 0.1) is 5.75 Å². The molecule has 24 heavy (non-hydrogen) atoms. The molecule has 0 aliphatic rings. The standard InChI is InChI=1S/C18H18ClNO3S/c1-12-6-3-4-9-16(12)24-11-17(21)23-13(2)18(22)20-15-8-5-7-14(19)10-15/h3-10,13H,11H2,1-2H3,(H,20,22)/t13-/m0/s1. The molecule has 0 aliphatic heterocycles. The molecule has 0 aromatic heterocycles. The third-order valence-electron chi connectivity index (χ3n) is 3.21. The van der Waals surface area contributed by atoms with Gasteiger partial charge in [0.15, 0.2) is 6.10 Å². The summed E-state index contributed by atoms with van der Waals surface area (Å²) in [6.07, 6.45) is -0.881. The lowest BCUT2D eigenvalue weighted by Crippen LogP contribution is -2.30. The summed E-state index contributed by atoms with van der Waals surface area (Å²) in [6.45, 7) is 3.52. The van der Waals surface area contributed by atoms with E-state index in [0.717, 1.165) is 10.5 Å². The zero-order chi connectivity index (χ0) is 17.5. The SMILES string of the molecule is Cc1ccccc1SCC(=O)O[C@@H](C)C(=O)Nc1cccc(Cl)c1. The van der Waals surface area contributed by atoms with Crippen molar-refractivity contribution in [2.45, 2.75) is 24.8 Å². The van der Waals surface area contributed by atoms with Crippen LogP contribution in [0, 0.1) is 6.92 Å². The third kappa shape index (κ3) is 5.58. The second-order valence-electron chi connectivity index (χ2n) is 5.19. The Labute approximate surface area is 150 Å². The minimum Gasteiger partial charge on any atom is -0.452 e. The van der Waals surface area contributed by atoms with Gasteiger partial charge in [0, 0.05) is 15.6 Å². The molecule has 0 saturated carbocycles. The van der Waals surface area contributed by atoms with E-state index in [1.165, 1.54) is 18.7 Å². The third-order valence-corrected chi connectivity index (χ3v) is 4.59. The summed E-state index contributed by atoms with van der Waals surface area (Å²) in [6, 6.07) is 14.6. The number of esters is 1. The molecule has 2 rings (SSSR count). The molecule has 0 bridgehead atoms. The fourth-order valence-electron chi connectivity index (χ4n) is 1.95. The lowest BCUT2D eigenvalue weighted by atomic mass is 10.2. The highest BCUT2D eigenvalue weighted by Crippen LogP contribution is 2.22. The summed E-state index contributed by atoms with van der Waals surface area (Å²) in [5.74, 6) is -0.678. The number of thioether (sulfide) groups is 1. The maximum Gasteiger partial charge on any atom is 0.317 e. The molecule has 0 saturated heterocycles. The van der Waals surface area contributed by atoms with E-state index in [1.54, 1.807) is 24.3 Å². The van der Waals surface area contributed by atoms with Crippen molar-refractivity contribution in [1.29, 1.82) is 0 Å². The van der Waals surface area contributed by atoms with E-state index in [4.69, 9.17) is 16.3 Å². The molecule has 0 heterocycles. The predicted molar refractivity (Wildman–Crippen MR) is 97.5 cm³/mol. The van der Waals surface area contributed by atoms with Crippen LogP contribution in [0.25, 0.3) is 0 Å². The van der Waals surface area contributed by atoms with E-state index in [1.807, 2.05) is 31.2 Å². The number of aryl methyl sites for hydroxylation is 1. The number of hydrogen-bond donors (Lipinski definition) is 1. The number of hydrogen-bond acceptors (Lipinski definition) is 4. The van der Waals surface area contributed by atoms with Gasteiger partial charge in [0.2, 0.25) is 0 Å². The van der Waals surface area contributed by atoms with E-state index in [9.17, 15) is 9.59 Å². The first-order valence-corrected chi connectivity index (χ1v) is 8.76. The Bertz CT molecular complexity index is 736. The quantitative estimate of drug-likeness (QED) is 0.613. The molecule has 0 aliphatic carbocycles. The van der Waals surface area contributed by atoms with Crippen LogP contribution in [-0.4, -0.2) is 23.7 Å². The Morgan fingerprint density at radius 2 is 1.96 bits per heavy atom. The number of carbonyl (C=O) groups is 2. The number of anilines is 1. The summed E-state index contributed by atoms with van der Waals surface area (Å²) in [4.78, 5) is 25.0. The number of ether oxygens (including phenoxy) is 1. The highest BCUT2D eigenvalue weighted by molar-refractivity contribution is 8.00. The Hall–Kier alpha value is -1.98. The summed E-state index contributed by atoms with van der Waals surface area (Å²) >= 11 is 7.26. The smallest absolute Gasteiger partial charge is 0.317 e. The molecule has 0 fully saturated rings. The van der Waals surface area contributed by atoms with Crippen LogP contribution in [0.4, 0.5) is 5.69 Å². The van der Waals surface area contributed by atoms with Crippen molar-refractivity contribution < 1.29 is 14.3 Å². The molecule has 1 amide bonds. The van der Waals surface area contributed by atoms with Crippen molar-refractivity contribution >= 4 is 40.9 Å². The Morgan fingerprint density at radius 1 is 1.21 bits per heavy atom. The van der Waals surface area contributed by atoms with Crippen LogP contribution in [-0.2, 0) is 14.3 Å².